The Bertz CT molecular complexity index is 743. The molecule has 1 rings (SSSR count). The predicted octanol–water partition coefficient (Wildman–Crippen LogP) is 3.19. The molecule has 0 amide bonds. The van der Waals surface area contributed by atoms with E-state index in [-0.39, 0.29) is 11.2 Å². The summed E-state index contributed by atoms with van der Waals surface area (Å²) in [6, 6.07) is 1.42. The van der Waals surface area contributed by atoms with Gasteiger partial charge in [-0.25, -0.2) is 4.79 Å². The van der Waals surface area contributed by atoms with E-state index in [2.05, 4.69) is 26.0 Å². The van der Waals surface area contributed by atoms with E-state index in [1.54, 1.807) is 7.05 Å². The Hall–Kier alpha value is -2.10. The quantitative estimate of drug-likeness (QED) is 0.784. The minimum absolute atomic E-state index is 0.265. The molecule has 0 aromatic carbocycles. The van der Waals surface area contributed by atoms with Crippen LogP contribution in [0.15, 0.2) is 56.3 Å². The van der Waals surface area contributed by atoms with Gasteiger partial charge >= 0.3 is 5.69 Å². The van der Waals surface area contributed by atoms with Crippen LogP contribution >= 0.6 is 0 Å². The van der Waals surface area contributed by atoms with Gasteiger partial charge in [0.15, 0.2) is 0 Å². The molecule has 1 aromatic rings. The van der Waals surface area contributed by atoms with Gasteiger partial charge in [0, 0.05) is 19.3 Å². The highest BCUT2D eigenvalue weighted by molar-refractivity contribution is 5.36. The Morgan fingerprint density at radius 1 is 1.18 bits per heavy atom. The van der Waals surface area contributed by atoms with E-state index in [0.29, 0.717) is 6.54 Å². The summed E-state index contributed by atoms with van der Waals surface area (Å²) < 4.78 is 2.71. The van der Waals surface area contributed by atoms with Crippen LogP contribution in [-0.2, 0) is 13.6 Å². The predicted molar refractivity (Wildman–Crippen MR) is 92.1 cm³/mol. The second-order valence-electron chi connectivity index (χ2n) is 5.59. The Kier molecular flexibility index (Phi) is 6.35. The summed E-state index contributed by atoms with van der Waals surface area (Å²) >= 11 is 0. The van der Waals surface area contributed by atoms with E-state index in [1.807, 2.05) is 20.8 Å². The monoisotopic (exact) mass is 302 g/mol. The van der Waals surface area contributed by atoms with Crippen LogP contribution in [0, 0.1) is 0 Å². The largest absolute Gasteiger partial charge is 0.331 e. The van der Waals surface area contributed by atoms with Crippen LogP contribution in [0.3, 0.4) is 0 Å². The fraction of sp³-hybridized carbons (Fsp3) is 0.444. The highest BCUT2D eigenvalue weighted by atomic mass is 16.2. The molecule has 0 bridgehead atoms. The molecule has 0 unspecified atom stereocenters. The van der Waals surface area contributed by atoms with Crippen molar-refractivity contribution in [3.05, 3.63) is 67.5 Å². The summed E-state index contributed by atoms with van der Waals surface area (Å²) in [6.07, 6.45) is 6.52. The summed E-state index contributed by atoms with van der Waals surface area (Å²) in [5.74, 6) is 0. The first-order valence-corrected chi connectivity index (χ1v) is 7.58. The van der Waals surface area contributed by atoms with Gasteiger partial charge in [0.25, 0.3) is 5.56 Å². The van der Waals surface area contributed by atoms with Gasteiger partial charge in [-0.1, -0.05) is 30.2 Å². The van der Waals surface area contributed by atoms with Crippen LogP contribution in [0.25, 0.3) is 0 Å². The summed E-state index contributed by atoms with van der Waals surface area (Å²) in [4.78, 5) is 24.2. The molecule has 0 aliphatic heterocycles. The van der Waals surface area contributed by atoms with E-state index in [4.69, 9.17) is 0 Å². The molecule has 22 heavy (non-hydrogen) atoms. The van der Waals surface area contributed by atoms with E-state index in [1.165, 1.54) is 32.5 Å². The molecule has 0 saturated carbocycles. The average molecular weight is 302 g/mol. The topological polar surface area (TPSA) is 44.0 Å². The van der Waals surface area contributed by atoms with Crippen LogP contribution in [-0.4, -0.2) is 9.13 Å². The van der Waals surface area contributed by atoms with E-state index in [9.17, 15) is 9.59 Å². The lowest BCUT2D eigenvalue weighted by Gasteiger charge is -2.12. The second kappa shape index (κ2) is 7.78. The molecular formula is C18H26N2O2. The van der Waals surface area contributed by atoms with Crippen LogP contribution < -0.4 is 11.2 Å². The number of aryl methyl sites for hydroxylation is 1. The van der Waals surface area contributed by atoms with Gasteiger partial charge in [-0.3, -0.25) is 9.36 Å². The lowest BCUT2D eigenvalue weighted by molar-refractivity contribution is 0.635. The number of hydrogen-bond donors (Lipinski definition) is 0. The molecule has 0 fully saturated rings. The maximum atomic E-state index is 12.2. The minimum Gasteiger partial charge on any atom is -0.303 e. The third-order valence-corrected chi connectivity index (χ3v) is 4.09. The van der Waals surface area contributed by atoms with E-state index >= 15 is 0 Å². The molecule has 0 aliphatic rings. The standard InChI is InChI=1S/C18H26N2O2/c1-7-13(3)15(5)11-16(14(4)8-2)12-20-17(21)9-10-19(6)18(20)22/h7,9-11H,8,12H2,1-6H3/b13-7-,15-11-,16-14-. The second-order valence-corrected chi connectivity index (χ2v) is 5.59. The molecule has 1 aromatic heterocycles. The van der Waals surface area contributed by atoms with Crippen LogP contribution in [0.4, 0.5) is 0 Å². The van der Waals surface area contributed by atoms with Crippen LogP contribution in [0.5, 0.6) is 0 Å². The van der Waals surface area contributed by atoms with Crippen molar-refractivity contribution in [1.29, 1.82) is 0 Å². The zero-order valence-electron chi connectivity index (χ0n) is 14.4. The molecule has 0 radical (unpaired) electrons. The summed E-state index contributed by atoms with van der Waals surface area (Å²) in [5, 5.41) is 0. The van der Waals surface area contributed by atoms with E-state index < -0.39 is 0 Å². The van der Waals surface area contributed by atoms with Gasteiger partial charge in [0.05, 0.1) is 6.54 Å². The molecule has 4 heteroatoms. The number of nitrogens with zero attached hydrogens (tertiary/aromatic N) is 2. The summed E-state index contributed by atoms with van der Waals surface area (Å²) in [7, 11) is 1.65. The van der Waals surface area contributed by atoms with Gasteiger partial charge in [0.1, 0.15) is 0 Å². The fourth-order valence-electron chi connectivity index (χ4n) is 2.06. The van der Waals surface area contributed by atoms with Crippen molar-refractivity contribution in [3.63, 3.8) is 0 Å². The number of aromatic nitrogens is 2. The zero-order valence-corrected chi connectivity index (χ0v) is 14.4. The van der Waals surface area contributed by atoms with Crippen LogP contribution in [0.1, 0.15) is 41.0 Å². The SMILES string of the molecule is C\C=C(C)/C(C)=C\C(Cn1c(=O)ccn(C)c1=O)=C(/C)CC. The summed E-state index contributed by atoms with van der Waals surface area (Å²) in [5.41, 5.74) is 3.98. The molecule has 0 N–H and O–H groups in total. The number of rotatable bonds is 5. The maximum absolute atomic E-state index is 12.2. The van der Waals surface area contributed by atoms with Crippen molar-refractivity contribution in [3.8, 4) is 0 Å². The van der Waals surface area contributed by atoms with Gasteiger partial charge in [-0.15, -0.1) is 0 Å². The smallest absolute Gasteiger partial charge is 0.303 e. The third-order valence-electron chi connectivity index (χ3n) is 4.09. The van der Waals surface area contributed by atoms with Crippen molar-refractivity contribution >= 4 is 0 Å². The molecule has 120 valence electrons. The van der Waals surface area contributed by atoms with Crippen molar-refractivity contribution in [2.45, 2.75) is 47.6 Å². The van der Waals surface area contributed by atoms with Crippen molar-refractivity contribution in [1.82, 2.24) is 9.13 Å². The molecule has 0 saturated heterocycles. The molecule has 0 atom stereocenters. The van der Waals surface area contributed by atoms with Crippen molar-refractivity contribution in [2.75, 3.05) is 0 Å². The zero-order chi connectivity index (χ0) is 16.9. The Labute approximate surface area is 132 Å². The Balaban J connectivity index is 3.39. The minimum atomic E-state index is -0.289. The molecule has 0 spiro atoms. The molecule has 0 aliphatic carbocycles. The number of hydrogen-bond acceptors (Lipinski definition) is 2. The lowest BCUT2D eigenvalue weighted by atomic mass is 10.0. The fourth-order valence-corrected chi connectivity index (χ4v) is 2.06. The highest BCUT2D eigenvalue weighted by Crippen LogP contribution is 2.17. The first kappa shape index (κ1) is 18.0. The first-order chi connectivity index (χ1) is 10.3. The molecule has 1 heterocycles. The summed E-state index contributed by atoms with van der Waals surface area (Å²) in [6.45, 7) is 10.5. The van der Waals surface area contributed by atoms with Gasteiger partial charge < -0.3 is 4.57 Å². The van der Waals surface area contributed by atoms with Gasteiger partial charge in [0.2, 0.25) is 0 Å². The Morgan fingerprint density at radius 3 is 2.36 bits per heavy atom. The third kappa shape index (κ3) is 4.20. The average Bonchev–Trinajstić information content (AvgIpc) is 2.52. The molecular weight excluding hydrogens is 276 g/mol. The normalized spacial score (nSPS) is 14.1. The van der Waals surface area contributed by atoms with E-state index in [0.717, 1.165) is 17.6 Å². The van der Waals surface area contributed by atoms with Crippen molar-refractivity contribution in [2.24, 2.45) is 7.05 Å². The molecule has 4 nitrogen and oxygen atoms in total. The first-order valence-electron chi connectivity index (χ1n) is 7.58. The highest BCUT2D eigenvalue weighted by Gasteiger charge is 2.07. The maximum Gasteiger partial charge on any atom is 0.331 e. The van der Waals surface area contributed by atoms with Gasteiger partial charge in [-0.2, -0.15) is 0 Å². The Morgan fingerprint density at radius 2 is 1.82 bits per heavy atom. The van der Waals surface area contributed by atoms with Crippen molar-refractivity contribution < 1.29 is 0 Å². The van der Waals surface area contributed by atoms with Gasteiger partial charge in [-0.05, 0) is 45.3 Å². The van der Waals surface area contributed by atoms with Crippen LogP contribution in [0.2, 0.25) is 0 Å². The lowest BCUT2D eigenvalue weighted by Crippen LogP contribution is -2.38. The number of allylic oxidation sites excluding steroid dienone is 6.